The number of carbonyl (C=O) groups excluding carboxylic acids is 1. The molecule has 28 heavy (non-hydrogen) atoms. The Kier molecular flexibility index (Phi) is 6.12. The van der Waals surface area contributed by atoms with Crippen LogP contribution in [0.4, 0.5) is 5.69 Å². The predicted octanol–water partition coefficient (Wildman–Crippen LogP) is 4.63. The predicted molar refractivity (Wildman–Crippen MR) is 112 cm³/mol. The molecule has 1 unspecified atom stereocenters. The Morgan fingerprint density at radius 3 is 2.50 bits per heavy atom. The van der Waals surface area contributed by atoms with Crippen molar-refractivity contribution in [1.29, 1.82) is 0 Å². The molecule has 1 fully saturated rings. The van der Waals surface area contributed by atoms with E-state index in [1.54, 1.807) is 6.07 Å². The first-order valence-corrected chi connectivity index (χ1v) is 11.2. The molecule has 2 aromatic rings. The van der Waals surface area contributed by atoms with E-state index in [0.29, 0.717) is 19.0 Å². The summed E-state index contributed by atoms with van der Waals surface area (Å²) in [4.78, 5) is 12.8. The maximum absolute atomic E-state index is 13.1. The van der Waals surface area contributed by atoms with Crippen molar-refractivity contribution in [1.82, 2.24) is 4.31 Å². The lowest BCUT2D eigenvalue weighted by molar-refractivity contribution is 0.102. The molecular weight excluding hydrogens is 396 g/mol. The number of aryl methyl sites for hydroxylation is 2. The van der Waals surface area contributed by atoms with E-state index in [9.17, 15) is 13.2 Å². The van der Waals surface area contributed by atoms with Gasteiger partial charge in [0.25, 0.3) is 5.91 Å². The van der Waals surface area contributed by atoms with E-state index in [2.05, 4.69) is 5.32 Å². The van der Waals surface area contributed by atoms with Crippen LogP contribution in [0.2, 0.25) is 5.02 Å². The van der Waals surface area contributed by atoms with Gasteiger partial charge in [0, 0.05) is 24.3 Å². The number of benzene rings is 2. The number of hydrogen-bond donors (Lipinski definition) is 1. The SMILES string of the molecule is Cc1cccc(C)c1NC(=O)c1ccc(Cl)c(S(=O)(=O)N2CCCC(C)C2)c1. The smallest absolute Gasteiger partial charge is 0.255 e. The standard InChI is InChI=1S/C21H25ClN2O3S/c1-14-6-5-11-24(13-14)28(26,27)19-12-17(9-10-18(19)22)21(25)23-20-15(2)7-4-8-16(20)3/h4,7-10,12,14H,5-6,11,13H2,1-3H3,(H,23,25). The Bertz CT molecular complexity index is 984. The largest absolute Gasteiger partial charge is 0.322 e. The van der Waals surface area contributed by atoms with Gasteiger partial charge in [-0.3, -0.25) is 4.79 Å². The quantitative estimate of drug-likeness (QED) is 0.784. The van der Waals surface area contributed by atoms with Crippen molar-refractivity contribution in [3.05, 3.63) is 58.1 Å². The molecule has 150 valence electrons. The molecule has 7 heteroatoms. The highest BCUT2D eigenvalue weighted by Crippen LogP contribution is 2.29. The summed E-state index contributed by atoms with van der Waals surface area (Å²) in [6.45, 7) is 6.81. The Morgan fingerprint density at radius 1 is 1.18 bits per heavy atom. The maximum Gasteiger partial charge on any atom is 0.255 e. The molecule has 1 amide bonds. The first kappa shape index (κ1) is 20.8. The number of para-hydroxylation sites is 1. The third kappa shape index (κ3) is 4.24. The third-order valence-electron chi connectivity index (χ3n) is 5.15. The van der Waals surface area contributed by atoms with Crippen LogP contribution >= 0.6 is 11.6 Å². The summed E-state index contributed by atoms with van der Waals surface area (Å²) in [5.74, 6) is -0.0599. The van der Waals surface area contributed by atoms with E-state index in [1.807, 2.05) is 39.0 Å². The van der Waals surface area contributed by atoms with Gasteiger partial charge in [0.15, 0.2) is 0 Å². The van der Waals surface area contributed by atoms with Crippen LogP contribution in [0.15, 0.2) is 41.3 Å². The molecule has 0 saturated carbocycles. The minimum absolute atomic E-state index is 0.0163. The average Bonchev–Trinajstić information content (AvgIpc) is 2.65. The van der Waals surface area contributed by atoms with E-state index in [-0.39, 0.29) is 21.4 Å². The molecule has 5 nitrogen and oxygen atoms in total. The molecule has 0 spiro atoms. The molecule has 0 aliphatic carbocycles. The van der Waals surface area contributed by atoms with Crippen LogP contribution in [0.1, 0.15) is 41.3 Å². The summed E-state index contributed by atoms with van der Waals surface area (Å²) in [5.41, 5.74) is 2.88. The third-order valence-corrected chi connectivity index (χ3v) is 7.50. The zero-order valence-electron chi connectivity index (χ0n) is 16.3. The van der Waals surface area contributed by atoms with Crippen molar-refractivity contribution in [3.8, 4) is 0 Å². The first-order chi connectivity index (χ1) is 13.2. The molecule has 0 bridgehead atoms. The zero-order chi connectivity index (χ0) is 20.5. The Balaban J connectivity index is 1.92. The lowest BCUT2D eigenvalue weighted by Gasteiger charge is -2.30. The van der Waals surface area contributed by atoms with Crippen molar-refractivity contribution in [2.75, 3.05) is 18.4 Å². The minimum atomic E-state index is -3.75. The Hall–Kier alpha value is -1.89. The molecule has 0 radical (unpaired) electrons. The van der Waals surface area contributed by atoms with Crippen molar-refractivity contribution in [2.24, 2.45) is 5.92 Å². The van der Waals surface area contributed by atoms with Crippen LogP contribution in [0.5, 0.6) is 0 Å². The molecule has 2 aromatic carbocycles. The van der Waals surface area contributed by atoms with E-state index in [0.717, 1.165) is 29.7 Å². The molecule has 1 atom stereocenters. The van der Waals surface area contributed by atoms with Crippen LogP contribution in [0.3, 0.4) is 0 Å². The number of sulfonamides is 1. The molecule has 1 aliphatic rings. The molecule has 3 rings (SSSR count). The fourth-order valence-electron chi connectivity index (χ4n) is 3.54. The summed E-state index contributed by atoms with van der Waals surface area (Å²) in [6.07, 6.45) is 1.84. The maximum atomic E-state index is 13.1. The molecule has 1 saturated heterocycles. The first-order valence-electron chi connectivity index (χ1n) is 9.37. The number of carbonyl (C=O) groups is 1. The summed E-state index contributed by atoms with van der Waals surface area (Å²) < 4.78 is 27.7. The van der Waals surface area contributed by atoms with E-state index >= 15 is 0 Å². The second-order valence-corrected chi connectivity index (χ2v) is 9.79. The number of amides is 1. The van der Waals surface area contributed by atoms with Gasteiger partial charge in [0.2, 0.25) is 10.0 Å². The number of hydrogen-bond acceptors (Lipinski definition) is 3. The van der Waals surface area contributed by atoms with E-state index in [4.69, 9.17) is 11.6 Å². The molecule has 1 N–H and O–H groups in total. The van der Waals surface area contributed by atoms with E-state index < -0.39 is 10.0 Å². The number of nitrogens with zero attached hydrogens (tertiary/aromatic N) is 1. The van der Waals surface area contributed by atoms with Crippen molar-refractivity contribution in [3.63, 3.8) is 0 Å². The number of anilines is 1. The number of rotatable bonds is 4. The second-order valence-electron chi connectivity index (χ2n) is 7.48. The highest BCUT2D eigenvalue weighted by Gasteiger charge is 2.31. The average molecular weight is 421 g/mol. The van der Waals surface area contributed by atoms with Gasteiger partial charge in [0.1, 0.15) is 4.90 Å². The fourth-order valence-corrected chi connectivity index (χ4v) is 5.64. The minimum Gasteiger partial charge on any atom is -0.322 e. The van der Waals surface area contributed by atoms with E-state index in [1.165, 1.54) is 16.4 Å². The van der Waals surface area contributed by atoms with Crippen LogP contribution in [-0.4, -0.2) is 31.7 Å². The lowest BCUT2D eigenvalue weighted by atomic mass is 10.0. The summed E-state index contributed by atoms with van der Waals surface area (Å²) in [6, 6.07) is 10.1. The highest BCUT2D eigenvalue weighted by atomic mass is 35.5. The van der Waals surface area contributed by atoms with Crippen LogP contribution in [0.25, 0.3) is 0 Å². The van der Waals surface area contributed by atoms with Gasteiger partial charge in [-0.15, -0.1) is 0 Å². The number of nitrogens with one attached hydrogen (secondary N) is 1. The lowest BCUT2D eigenvalue weighted by Crippen LogP contribution is -2.39. The summed E-state index contributed by atoms with van der Waals surface area (Å²) >= 11 is 6.21. The van der Waals surface area contributed by atoms with Gasteiger partial charge in [-0.05, 0) is 61.9 Å². The monoisotopic (exact) mass is 420 g/mol. The van der Waals surface area contributed by atoms with Gasteiger partial charge >= 0.3 is 0 Å². The number of piperidine rings is 1. The van der Waals surface area contributed by atoms with Gasteiger partial charge in [-0.1, -0.05) is 36.7 Å². The van der Waals surface area contributed by atoms with Crippen molar-refractivity contribution >= 4 is 33.2 Å². The Morgan fingerprint density at radius 2 is 1.86 bits per heavy atom. The highest BCUT2D eigenvalue weighted by molar-refractivity contribution is 7.89. The second kappa shape index (κ2) is 8.23. The van der Waals surface area contributed by atoms with Crippen LogP contribution in [0, 0.1) is 19.8 Å². The zero-order valence-corrected chi connectivity index (χ0v) is 17.9. The van der Waals surface area contributed by atoms with Crippen molar-refractivity contribution < 1.29 is 13.2 Å². The summed E-state index contributed by atoms with van der Waals surface area (Å²) in [5, 5.41) is 3.02. The van der Waals surface area contributed by atoms with Gasteiger partial charge in [0.05, 0.1) is 5.02 Å². The topological polar surface area (TPSA) is 66.5 Å². The van der Waals surface area contributed by atoms with Gasteiger partial charge in [-0.25, -0.2) is 8.42 Å². The molecule has 0 aromatic heterocycles. The number of halogens is 1. The molecule has 1 heterocycles. The van der Waals surface area contributed by atoms with Crippen molar-refractivity contribution in [2.45, 2.75) is 38.5 Å². The molecular formula is C21H25ClN2O3S. The van der Waals surface area contributed by atoms with Crippen LogP contribution < -0.4 is 5.32 Å². The van der Waals surface area contributed by atoms with Crippen LogP contribution in [-0.2, 0) is 10.0 Å². The van der Waals surface area contributed by atoms with Gasteiger partial charge < -0.3 is 5.32 Å². The molecule has 1 aliphatic heterocycles. The van der Waals surface area contributed by atoms with Gasteiger partial charge in [-0.2, -0.15) is 4.31 Å². The summed E-state index contributed by atoms with van der Waals surface area (Å²) in [7, 11) is -3.75. The fraction of sp³-hybridized carbons (Fsp3) is 0.381. The normalized spacial score (nSPS) is 18.1. The Labute approximate surface area is 171 Å².